The number of hydrogen-bond donors (Lipinski definition) is 1. The highest BCUT2D eigenvalue weighted by molar-refractivity contribution is 8.00. The van der Waals surface area contributed by atoms with Gasteiger partial charge in [0.05, 0.1) is 5.75 Å². The van der Waals surface area contributed by atoms with Gasteiger partial charge in [0.1, 0.15) is 0 Å². The lowest BCUT2D eigenvalue weighted by molar-refractivity contribution is -0.129. The molecule has 2 amide bonds. The van der Waals surface area contributed by atoms with E-state index in [1.165, 1.54) is 0 Å². The van der Waals surface area contributed by atoms with Gasteiger partial charge in [0.15, 0.2) is 0 Å². The zero-order chi connectivity index (χ0) is 18.6. The van der Waals surface area contributed by atoms with Crippen molar-refractivity contribution in [2.75, 3.05) is 5.75 Å². The number of rotatable bonds is 8. The van der Waals surface area contributed by atoms with Gasteiger partial charge in [-0.2, -0.15) is 0 Å². The van der Waals surface area contributed by atoms with Gasteiger partial charge in [0.25, 0.3) is 5.91 Å². The fraction of sp³-hybridized carbons (Fsp3) is 0.364. The SMILES string of the molecule is O=C(NC1CC1)c1ccc(CN(C(=O)CSc2ccccc2)C2CC2)cc1. The zero-order valence-electron chi connectivity index (χ0n) is 15.3. The van der Waals surface area contributed by atoms with Crippen LogP contribution in [-0.2, 0) is 11.3 Å². The molecule has 4 rings (SSSR count). The van der Waals surface area contributed by atoms with E-state index in [4.69, 9.17) is 0 Å². The standard InChI is InChI=1S/C22H24N2O2S/c25-21(15-27-20-4-2-1-3-5-20)24(19-12-13-19)14-16-6-8-17(9-7-16)22(26)23-18-10-11-18/h1-9,18-19H,10-15H2,(H,23,26). The Labute approximate surface area is 164 Å². The van der Waals surface area contributed by atoms with Crippen molar-refractivity contribution in [3.05, 3.63) is 65.7 Å². The highest BCUT2D eigenvalue weighted by Gasteiger charge is 2.32. The maximum Gasteiger partial charge on any atom is 0.251 e. The normalized spacial score (nSPS) is 16.0. The number of nitrogens with one attached hydrogen (secondary N) is 1. The first-order valence-electron chi connectivity index (χ1n) is 9.56. The number of benzene rings is 2. The number of nitrogens with zero attached hydrogens (tertiary/aromatic N) is 1. The fourth-order valence-corrected chi connectivity index (χ4v) is 3.81. The molecule has 4 nitrogen and oxygen atoms in total. The van der Waals surface area contributed by atoms with E-state index in [1.807, 2.05) is 59.5 Å². The van der Waals surface area contributed by atoms with Gasteiger partial charge in [-0.1, -0.05) is 30.3 Å². The highest BCUT2D eigenvalue weighted by Crippen LogP contribution is 2.30. The molecule has 0 bridgehead atoms. The zero-order valence-corrected chi connectivity index (χ0v) is 16.1. The van der Waals surface area contributed by atoms with E-state index in [2.05, 4.69) is 5.32 Å². The van der Waals surface area contributed by atoms with Crippen LogP contribution in [0.25, 0.3) is 0 Å². The second-order valence-electron chi connectivity index (χ2n) is 7.30. The summed E-state index contributed by atoms with van der Waals surface area (Å²) in [5.41, 5.74) is 1.76. The van der Waals surface area contributed by atoms with Gasteiger partial charge in [-0.3, -0.25) is 9.59 Å². The molecule has 0 heterocycles. The van der Waals surface area contributed by atoms with Crippen LogP contribution in [0.2, 0.25) is 0 Å². The molecule has 2 aliphatic rings. The van der Waals surface area contributed by atoms with E-state index in [9.17, 15) is 9.59 Å². The minimum Gasteiger partial charge on any atom is -0.349 e. The third-order valence-electron chi connectivity index (χ3n) is 4.90. The number of carbonyl (C=O) groups is 2. The second kappa shape index (κ2) is 8.17. The molecule has 2 fully saturated rings. The van der Waals surface area contributed by atoms with Gasteiger partial charge >= 0.3 is 0 Å². The van der Waals surface area contributed by atoms with Crippen molar-refractivity contribution in [3.63, 3.8) is 0 Å². The molecule has 1 N–H and O–H groups in total. The van der Waals surface area contributed by atoms with E-state index in [0.717, 1.165) is 36.1 Å². The Morgan fingerprint density at radius 2 is 1.67 bits per heavy atom. The minimum absolute atomic E-state index is 0.00145. The van der Waals surface area contributed by atoms with Crippen LogP contribution in [0.4, 0.5) is 0 Å². The van der Waals surface area contributed by atoms with Crippen LogP contribution in [0.3, 0.4) is 0 Å². The monoisotopic (exact) mass is 380 g/mol. The van der Waals surface area contributed by atoms with E-state index in [0.29, 0.717) is 29.9 Å². The largest absolute Gasteiger partial charge is 0.349 e. The van der Waals surface area contributed by atoms with E-state index in [-0.39, 0.29) is 11.8 Å². The minimum atomic E-state index is -0.00145. The number of hydrogen-bond acceptors (Lipinski definition) is 3. The van der Waals surface area contributed by atoms with E-state index >= 15 is 0 Å². The van der Waals surface area contributed by atoms with Crippen molar-refractivity contribution in [2.45, 2.75) is 49.2 Å². The third-order valence-corrected chi connectivity index (χ3v) is 5.89. The summed E-state index contributed by atoms with van der Waals surface area (Å²) in [5, 5.41) is 3.00. The topological polar surface area (TPSA) is 49.4 Å². The van der Waals surface area contributed by atoms with Gasteiger partial charge < -0.3 is 10.2 Å². The first-order chi connectivity index (χ1) is 13.2. The van der Waals surface area contributed by atoms with Crippen molar-refractivity contribution >= 4 is 23.6 Å². The van der Waals surface area contributed by atoms with Gasteiger partial charge in [-0.15, -0.1) is 11.8 Å². The Morgan fingerprint density at radius 3 is 2.30 bits per heavy atom. The molecular weight excluding hydrogens is 356 g/mol. The van der Waals surface area contributed by atoms with Gasteiger partial charge in [-0.05, 0) is 55.5 Å². The number of carbonyl (C=O) groups excluding carboxylic acids is 2. The Balaban J connectivity index is 1.35. The summed E-state index contributed by atoms with van der Waals surface area (Å²) in [5.74, 6) is 0.642. The number of amides is 2. The van der Waals surface area contributed by atoms with Crippen LogP contribution >= 0.6 is 11.8 Å². The molecule has 0 atom stereocenters. The Hall–Kier alpha value is -2.27. The molecule has 0 aliphatic heterocycles. The molecule has 0 spiro atoms. The molecule has 5 heteroatoms. The molecule has 0 aromatic heterocycles. The summed E-state index contributed by atoms with van der Waals surface area (Å²) in [6, 6.07) is 18.4. The molecule has 2 saturated carbocycles. The van der Waals surface area contributed by atoms with Crippen molar-refractivity contribution in [1.82, 2.24) is 10.2 Å². The lowest BCUT2D eigenvalue weighted by Gasteiger charge is -2.22. The van der Waals surface area contributed by atoms with Crippen molar-refractivity contribution in [1.29, 1.82) is 0 Å². The summed E-state index contributed by atoms with van der Waals surface area (Å²) in [6.07, 6.45) is 4.35. The molecule has 0 unspecified atom stereocenters. The van der Waals surface area contributed by atoms with Crippen molar-refractivity contribution in [2.24, 2.45) is 0 Å². The summed E-state index contributed by atoms with van der Waals surface area (Å²) in [6.45, 7) is 0.614. The molecule has 27 heavy (non-hydrogen) atoms. The van der Waals surface area contributed by atoms with Crippen LogP contribution in [0.15, 0.2) is 59.5 Å². The molecule has 2 aliphatic carbocycles. The van der Waals surface area contributed by atoms with Crippen LogP contribution in [0.1, 0.15) is 41.6 Å². The van der Waals surface area contributed by atoms with Crippen LogP contribution in [0.5, 0.6) is 0 Å². The molecule has 140 valence electrons. The quantitative estimate of drug-likeness (QED) is 0.708. The fourth-order valence-electron chi connectivity index (χ4n) is 3.01. The Morgan fingerprint density at radius 1 is 0.963 bits per heavy atom. The lowest BCUT2D eigenvalue weighted by atomic mass is 10.1. The third kappa shape index (κ3) is 5.13. The van der Waals surface area contributed by atoms with Gasteiger partial charge in [-0.25, -0.2) is 0 Å². The first-order valence-corrected chi connectivity index (χ1v) is 10.5. The predicted octanol–water partition coefficient (Wildman–Crippen LogP) is 3.86. The Kier molecular flexibility index (Phi) is 5.48. The predicted molar refractivity (Wildman–Crippen MR) is 108 cm³/mol. The van der Waals surface area contributed by atoms with Gasteiger partial charge in [0.2, 0.25) is 5.91 Å². The summed E-state index contributed by atoms with van der Waals surface area (Å²) in [4.78, 5) is 28.0. The smallest absolute Gasteiger partial charge is 0.251 e. The highest BCUT2D eigenvalue weighted by atomic mass is 32.2. The summed E-state index contributed by atoms with van der Waals surface area (Å²) >= 11 is 1.59. The first kappa shape index (κ1) is 18.1. The van der Waals surface area contributed by atoms with Crippen LogP contribution in [-0.4, -0.2) is 34.6 Å². The van der Waals surface area contributed by atoms with Crippen molar-refractivity contribution in [3.8, 4) is 0 Å². The average molecular weight is 381 g/mol. The van der Waals surface area contributed by atoms with Crippen LogP contribution < -0.4 is 5.32 Å². The van der Waals surface area contributed by atoms with E-state index in [1.54, 1.807) is 11.8 Å². The maximum atomic E-state index is 12.7. The summed E-state index contributed by atoms with van der Waals surface area (Å²) < 4.78 is 0. The molecule has 2 aromatic carbocycles. The molecule has 0 radical (unpaired) electrons. The Bertz CT molecular complexity index is 799. The van der Waals surface area contributed by atoms with E-state index < -0.39 is 0 Å². The average Bonchev–Trinajstić information content (AvgIpc) is 3.60. The maximum absolute atomic E-state index is 12.7. The molecule has 2 aromatic rings. The van der Waals surface area contributed by atoms with Crippen LogP contribution in [0, 0.1) is 0 Å². The number of thioether (sulfide) groups is 1. The summed E-state index contributed by atoms with van der Waals surface area (Å²) in [7, 11) is 0. The van der Waals surface area contributed by atoms with Crippen molar-refractivity contribution < 1.29 is 9.59 Å². The molecule has 0 saturated heterocycles. The lowest BCUT2D eigenvalue weighted by Crippen LogP contribution is -2.34. The molecular formula is C22H24N2O2S. The second-order valence-corrected chi connectivity index (χ2v) is 8.35. The van der Waals surface area contributed by atoms with Gasteiger partial charge in [0, 0.05) is 29.1 Å².